The van der Waals surface area contributed by atoms with Crippen LogP contribution in [0, 0.1) is 5.92 Å². The van der Waals surface area contributed by atoms with E-state index in [1.165, 1.54) is 11.8 Å². The predicted octanol–water partition coefficient (Wildman–Crippen LogP) is 2.24. The Bertz CT molecular complexity index is 778. The van der Waals surface area contributed by atoms with Crippen molar-refractivity contribution < 1.29 is 14.3 Å². The maximum absolute atomic E-state index is 12.0. The third-order valence-electron chi connectivity index (χ3n) is 3.81. The summed E-state index contributed by atoms with van der Waals surface area (Å²) in [5.41, 5.74) is 0.971. The fourth-order valence-electron chi connectivity index (χ4n) is 2.21. The molecule has 3 rings (SSSR count). The van der Waals surface area contributed by atoms with Crippen molar-refractivity contribution in [3.63, 3.8) is 0 Å². The molecule has 0 atom stereocenters. The minimum Gasteiger partial charge on any atom is -0.497 e. The number of nitrogens with one attached hydrogen (secondary N) is 2. The highest BCUT2D eigenvalue weighted by Crippen LogP contribution is 2.29. The van der Waals surface area contributed by atoms with Crippen molar-refractivity contribution in [2.75, 3.05) is 18.2 Å². The summed E-state index contributed by atoms with van der Waals surface area (Å²) in [5.74, 6) is 1.47. The highest BCUT2D eigenvalue weighted by molar-refractivity contribution is 7.99. The summed E-state index contributed by atoms with van der Waals surface area (Å²) >= 11 is 1.29. The Hall–Kier alpha value is -2.61. The number of hydrogen-bond acceptors (Lipinski definition) is 6. The van der Waals surface area contributed by atoms with Crippen molar-refractivity contribution in [2.45, 2.75) is 24.4 Å². The Morgan fingerprint density at radius 3 is 2.77 bits per heavy atom. The molecule has 8 heteroatoms. The van der Waals surface area contributed by atoms with E-state index in [0.29, 0.717) is 17.4 Å². The first-order valence-corrected chi connectivity index (χ1v) is 9.29. The second kappa shape index (κ2) is 8.66. The topological polar surface area (TPSA) is 93.2 Å². The van der Waals surface area contributed by atoms with Crippen LogP contribution in [0.15, 0.2) is 41.4 Å². The van der Waals surface area contributed by atoms with Crippen LogP contribution >= 0.6 is 11.8 Å². The lowest BCUT2D eigenvalue weighted by molar-refractivity contribution is -0.119. The van der Waals surface area contributed by atoms with E-state index in [2.05, 4.69) is 20.8 Å². The SMILES string of the molecule is COc1cccc(CNC(=O)CSc2ccc(NC(=O)C3CC3)nn2)c1. The van der Waals surface area contributed by atoms with Gasteiger partial charge in [0.2, 0.25) is 11.8 Å². The smallest absolute Gasteiger partial charge is 0.230 e. The average Bonchev–Trinajstić information content (AvgIpc) is 3.51. The molecule has 1 aromatic heterocycles. The number of benzene rings is 1. The van der Waals surface area contributed by atoms with Crippen LogP contribution in [0.4, 0.5) is 5.82 Å². The second-order valence-corrected chi connectivity index (χ2v) is 6.93. The molecule has 1 fully saturated rings. The zero-order valence-corrected chi connectivity index (χ0v) is 15.2. The molecule has 1 aliphatic rings. The molecule has 0 bridgehead atoms. The highest BCUT2D eigenvalue weighted by Gasteiger charge is 2.29. The summed E-state index contributed by atoms with van der Waals surface area (Å²) < 4.78 is 5.16. The number of carbonyl (C=O) groups is 2. The molecule has 2 N–H and O–H groups in total. The molecular weight excluding hydrogens is 352 g/mol. The lowest BCUT2D eigenvalue weighted by Crippen LogP contribution is -2.24. The third-order valence-corrected chi connectivity index (χ3v) is 4.73. The van der Waals surface area contributed by atoms with Gasteiger partial charge >= 0.3 is 0 Å². The summed E-state index contributed by atoms with van der Waals surface area (Å²) in [6, 6.07) is 11.0. The lowest BCUT2D eigenvalue weighted by atomic mass is 10.2. The monoisotopic (exact) mass is 372 g/mol. The third kappa shape index (κ3) is 5.45. The molecule has 1 heterocycles. The Labute approximate surface area is 155 Å². The van der Waals surface area contributed by atoms with Crippen LogP contribution in [0.5, 0.6) is 5.75 Å². The number of aromatic nitrogens is 2. The summed E-state index contributed by atoms with van der Waals surface area (Å²) in [7, 11) is 1.61. The first-order chi connectivity index (χ1) is 12.6. The lowest BCUT2D eigenvalue weighted by Gasteiger charge is -2.07. The van der Waals surface area contributed by atoms with Crippen molar-refractivity contribution in [2.24, 2.45) is 5.92 Å². The number of hydrogen-bond donors (Lipinski definition) is 2. The van der Waals surface area contributed by atoms with Crippen molar-refractivity contribution in [3.05, 3.63) is 42.0 Å². The minimum absolute atomic E-state index is 0.00313. The summed E-state index contributed by atoms with van der Waals surface area (Å²) in [5, 5.41) is 14.2. The van der Waals surface area contributed by atoms with E-state index >= 15 is 0 Å². The van der Waals surface area contributed by atoms with Gasteiger partial charge in [0.05, 0.1) is 12.9 Å². The first-order valence-electron chi connectivity index (χ1n) is 8.31. The van der Waals surface area contributed by atoms with E-state index < -0.39 is 0 Å². The number of methoxy groups -OCH3 is 1. The van der Waals surface area contributed by atoms with E-state index in [4.69, 9.17) is 4.74 Å². The van der Waals surface area contributed by atoms with Gasteiger partial charge in [0, 0.05) is 12.5 Å². The second-order valence-electron chi connectivity index (χ2n) is 5.94. The van der Waals surface area contributed by atoms with E-state index in [0.717, 1.165) is 24.2 Å². The number of amides is 2. The summed E-state index contributed by atoms with van der Waals surface area (Å²) in [6.07, 6.45) is 1.89. The summed E-state index contributed by atoms with van der Waals surface area (Å²) in [6.45, 7) is 0.439. The molecule has 136 valence electrons. The minimum atomic E-state index is -0.0919. The Balaban J connectivity index is 1.41. The Morgan fingerprint density at radius 1 is 1.23 bits per heavy atom. The standard InChI is InChI=1S/C18H20N4O3S/c1-25-14-4-2-3-12(9-14)10-19-16(23)11-26-17-8-7-15(21-22-17)20-18(24)13-5-6-13/h2-4,7-9,13H,5-6,10-11H2,1H3,(H,19,23)(H,20,21,24). The van der Waals surface area contributed by atoms with E-state index in [1.807, 2.05) is 24.3 Å². The molecule has 0 spiro atoms. The van der Waals surface area contributed by atoms with Crippen LogP contribution in [-0.2, 0) is 16.1 Å². The zero-order valence-electron chi connectivity index (χ0n) is 14.4. The van der Waals surface area contributed by atoms with Gasteiger partial charge in [-0.1, -0.05) is 23.9 Å². The number of carbonyl (C=O) groups excluding carboxylic acids is 2. The Morgan fingerprint density at radius 2 is 2.08 bits per heavy atom. The quantitative estimate of drug-likeness (QED) is 0.691. The molecule has 2 aromatic rings. The maximum Gasteiger partial charge on any atom is 0.230 e. The molecule has 26 heavy (non-hydrogen) atoms. The number of anilines is 1. The van der Waals surface area contributed by atoms with E-state index in [-0.39, 0.29) is 23.5 Å². The molecular formula is C18H20N4O3S. The molecule has 7 nitrogen and oxygen atoms in total. The fourth-order valence-corrected chi connectivity index (χ4v) is 2.85. The number of rotatable bonds is 8. The van der Waals surface area contributed by atoms with Crippen molar-refractivity contribution in [1.82, 2.24) is 15.5 Å². The van der Waals surface area contributed by atoms with Gasteiger partial charge in [-0.3, -0.25) is 9.59 Å². The molecule has 0 saturated heterocycles. The van der Waals surface area contributed by atoms with Crippen LogP contribution in [0.25, 0.3) is 0 Å². The molecule has 0 radical (unpaired) electrons. The van der Waals surface area contributed by atoms with Gasteiger partial charge in [0.1, 0.15) is 10.8 Å². The molecule has 1 saturated carbocycles. The van der Waals surface area contributed by atoms with Gasteiger partial charge in [-0.05, 0) is 42.7 Å². The largest absolute Gasteiger partial charge is 0.497 e. The number of thioether (sulfide) groups is 1. The van der Waals surface area contributed by atoms with E-state index in [9.17, 15) is 9.59 Å². The normalized spacial score (nSPS) is 13.1. The first kappa shape index (κ1) is 18.2. The molecule has 0 unspecified atom stereocenters. The van der Waals surface area contributed by atoms with Crippen molar-refractivity contribution in [3.8, 4) is 5.75 Å². The molecule has 0 aliphatic heterocycles. The molecule has 1 aromatic carbocycles. The maximum atomic E-state index is 12.0. The van der Waals surface area contributed by atoms with Gasteiger partial charge in [-0.15, -0.1) is 10.2 Å². The van der Waals surface area contributed by atoms with Gasteiger partial charge in [-0.25, -0.2) is 0 Å². The molecule has 1 aliphatic carbocycles. The predicted molar refractivity (Wildman–Crippen MR) is 99.0 cm³/mol. The number of nitrogens with zero attached hydrogens (tertiary/aromatic N) is 2. The van der Waals surface area contributed by atoms with Crippen molar-refractivity contribution in [1.29, 1.82) is 0 Å². The fraction of sp³-hybridized carbons (Fsp3) is 0.333. The van der Waals surface area contributed by atoms with Gasteiger partial charge in [-0.2, -0.15) is 0 Å². The number of ether oxygens (including phenoxy) is 1. The van der Waals surface area contributed by atoms with E-state index in [1.54, 1.807) is 19.2 Å². The molecule has 2 amide bonds. The highest BCUT2D eigenvalue weighted by atomic mass is 32.2. The Kier molecular flexibility index (Phi) is 6.06. The van der Waals surface area contributed by atoms with Gasteiger partial charge < -0.3 is 15.4 Å². The van der Waals surface area contributed by atoms with Crippen LogP contribution in [0.2, 0.25) is 0 Å². The van der Waals surface area contributed by atoms with Gasteiger partial charge in [0.25, 0.3) is 0 Å². The van der Waals surface area contributed by atoms with Crippen LogP contribution < -0.4 is 15.4 Å². The van der Waals surface area contributed by atoms with Gasteiger partial charge in [0.15, 0.2) is 5.82 Å². The van der Waals surface area contributed by atoms with Crippen molar-refractivity contribution >= 4 is 29.4 Å². The van der Waals surface area contributed by atoms with Crippen LogP contribution in [0.1, 0.15) is 18.4 Å². The van der Waals surface area contributed by atoms with Crippen LogP contribution in [0.3, 0.4) is 0 Å². The average molecular weight is 372 g/mol. The zero-order chi connectivity index (χ0) is 18.4. The van der Waals surface area contributed by atoms with Crippen LogP contribution in [-0.4, -0.2) is 34.9 Å². The summed E-state index contributed by atoms with van der Waals surface area (Å²) in [4.78, 5) is 23.6.